The molecule has 160 valence electrons. The van der Waals surface area contributed by atoms with E-state index in [2.05, 4.69) is 148 Å². The van der Waals surface area contributed by atoms with Gasteiger partial charge in [-0.1, -0.05) is 68.3 Å². The average molecular weight is 678 g/mol. The Bertz CT molecular complexity index is 1240. The van der Waals surface area contributed by atoms with Crippen LogP contribution in [0.4, 0.5) is 11.4 Å². The average Bonchev–Trinajstić information content (AvgIpc) is 2.77. The highest BCUT2D eigenvalue weighted by Crippen LogP contribution is 2.36. The van der Waals surface area contributed by atoms with Crippen molar-refractivity contribution >= 4 is 75.1 Å². The molecule has 0 fully saturated rings. The molecule has 0 radical (unpaired) electrons. The third kappa shape index (κ3) is 5.30. The zero-order valence-corrected chi connectivity index (χ0v) is 23.7. The summed E-state index contributed by atoms with van der Waals surface area (Å²) >= 11 is 14.5. The number of nitrogens with zero attached hydrogens (tertiary/aromatic N) is 2. The Hall–Kier alpha value is -1.60. The molecule has 0 N–H and O–H groups in total. The van der Waals surface area contributed by atoms with Gasteiger partial charge in [0.05, 0.1) is 11.4 Å². The van der Waals surface area contributed by atoms with Crippen molar-refractivity contribution in [3.05, 3.63) is 102 Å². The van der Waals surface area contributed by atoms with Gasteiger partial charge in [-0.2, -0.15) is 0 Å². The molecule has 0 bridgehead atoms. The van der Waals surface area contributed by atoms with Crippen molar-refractivity contribution in [2.24, 2.45) is 10.2 Å². The van der Waals surface area contributed by atoms with Crippen LogP contribution in [0.5, 0.6) is 0 Å². The third-order valence-electron chi connectivity index (χ3n) is 5.17. The van der Waals surface area contributed by atoms with Gasteiger partial charge in [0.1, 0.15) is 0 Å². The SMILES string of the molecule is Cc1ccc(-c2ccc(N=Nc3ccc(-c4ccc(C)c(Br)c4)cc3Br)c(Br)c2)cc1Br. The predicted octanol–water partition coefficient (Wildman–Crippen LogP) is 11.1. The zero-order valence-electron chi connectivity index (χ0n) is 17.3. The maximum absolute atomic E-state index is 4.46. The first-order chi connectivity index (χ1) is 15.3. The van der Waals surface area contributed by atoms with E-state index in [1.807, 2.05) is 12.1 Å². The first-order valence-electron chi connectivity index (χ1n) is 9.86. The van der Waals surface area contributed by atoms with Crippen LogP contribution >= 0.6 is 63.7 Å². The van der Waals surface area contributed by atoms with E-state index in [1.54, 1.807) is 0 Å². The predicted molar refractivity (Wildman–Crippen MR) is 148 cm³/mol. The van der Waals surface area contributed by atoms with Crippen molar-refractivity contribution in [2.75, 3.05) is 0 Å². The van der Waals surface area contributed by atoms with Gasteiger partial charge in [-0.05, 0) is 115 Å². The molecule has 2 nitrogen and oxygen atoms in total. The van der Waals surface area contributed by atoms with Gasteiger partial charge in [0, 0.05) is 17.9 Å². The van der Waals surface area contributed by atoms with E-state index in [0.29, 0.717) is 0 Å². The quantitative estimate of drug-likeness (QED) is 0.192. The van der Waals surface area contributed by atoms with Gasteiger partial charge in [0.2, 0.25) is 0 Å². The lowest BCUT2D eigenvalue weighted by atomic mass is 10.0. The summed E-state index contributed by atoms with van der Waals surface area (Å²) in [5.74, 6) is 0. The molecule has 0 saturated heterocycles. The highest BCUT2D eigenvalue weighted by molar-refractivity contribution is 9.11. The molecule has 0 aromatic heterocycles. The minimum atomic E-state index is 0.776. The number of azo groups is 1. The topological polar surface area (TPSA) is 24.7 Å². The summed E-state index contributed by atoms with van der Waals surface area (Å²) in [6, 6.07) is 24.9. The summed E-state index contributed by atoms with van der Waals surface area (Å²) in [6.45, 7) is 4.16. The molecule has 0 atom stereocenters. The maximum Gasteiger partial charge on any atom is 0.0999 e. The number of hydrogen-bond acceptors (Lipinski definition) is 2. The lowest BCUT2D eigenvalue weighted by molar-refractivity contribution is 1.22. The van der Waals surface area contributed by atoms with Gasteiger partial charge in [0.15, 0.2) is 0 Å². The molecule has 6 heteroatoms. The number of hydrogen-bond donors (Lipinski definition) is 0. The fraction of sp³-hybridized carbons (Fsp3) is 0.0769. The van der Waals surface area contributed by atoms with Crippen LogP contribution in [0.2, 0.25) is 0 Å². The Morgan fingerprint density at radius 2 is 0.750 bits per heavy atom. The molecule has 0 saturated carbocycles. The van der Waals surface area contributed by atoms with E-state index in [9.17, 15) is 0 Å². The number of benzene rings is 4. The summed E-state index contributed by atoms with van der Waals surface area (Å²) in [6.07, 6.45) is 0. The van der Waals surface area contributed by atoms with Gasteiger partial charge >= 0.3 is 0 Å². The highest BCUT2D eigenvalue weighted by Gasteiger charge is 2.07. The molecule has 0 amide bonds. The van der Waals surface area contributed by atoms with Crippen LogP contribution in [-0.4, -0.2) is 0 Å². The second-order valence-electron chi connectivity index (χ2n) is 7.46. The summed E-state index contributed by atoms with van der Waals surface area (Å²) in [4.78, 5) is 0. The highest BCUT2D eigenvalue weighted by atomic mass is 79.9. The summed E-state index contributed by atoms with van der Waals surface area (Å²) < 4.78 is 3.99. The van der Waals surface area contributed by atoms with Crippen LogP contribution < -0.4 is 0 Å². The van der Waals surface area contributed by atoms with E-state index >= 15 is 0 Å². The molecule has 0 unspecified atom stereocenters. The second-order valence-corrected chi connectivity index (χ2v) is 10.9. The Morgan fingerprint density at radius 1 is 0.438 bits per heavy atom. The van der Waals surface area contributed by atoms with Crippen molar-refractivity contribution in [2.45, 2.75) is 13.8 Å². The Balaban J connectivity index is 1.57. The van der Waals surface area contributed by atoms with Gasteiger partial charge in [-0.3, -0.25) is 0 Å². The van der Waals surface area contributed by atoms with Gasteiger partial charge < -0.3 is 0 Å². The molecule has 4 rings (SSSR count). The standard InChI is InChI=1S/C26H18Br4N2/c1-15-3-5-17(11-21(15)27)19-7-9-25(23(29)13-19)31-32-26-10-8-20(14-24(26)30)18-6-4-16(2)22(28)12-18/h3-14H,1-2H3. The molecule has 0 aliphatic heterocycles. The second kappa shape index (κ2) is 10.1. The van der Waals surface area contributed by atoms with Crippen LogP contribution in [0.1, 0.15) is 11.1 Å². The molecule has 32 heavy (non-hydrogen) atoms. The number of halogens is 4. The summed E-state index contributed by atoms with van der Waals surface area (Å²) in [5.41, 5.74) is 8.50. The minimum absolute atomic E-state index is 0.776. The fourth-order valence-electron chi connectivity index (χ4n) is 3.19. The smallest absolute Gasteiger partial charge is 0.0999 e. The van der Waals surface area contributed by atoms with E-state index in [-0.39, 0.29) is 0 Å². The fourth-order valence-corrected chi connectivity index (χ4v) is 4.86. The van der Waals surface area contributed by atoms with Crippen molar-refractivity contribution in [1.82, 2.24) is 0 Å². The summed E-state index contributed by atoms with van der Waals surface area (Å²) in [7, 11) is 0. The van der Waals surface area contributed by atoms with E-state index in [1.165, 1.54) is 11.1 Å². The molecule has 0 aliphatic rings. The largest absolute Gasteiger partial charge is 0.149 e. The Morgan fingerprint density at radius 3 is 1.06 bits per heavy atom. The molecule has 4 aromatic rings. The Kier molecular flexibility index (Phi) is 7.45. The van der Waals surface area contributed by atoms with E-state index < -0.39 is 0 Å². The van der Waals surface area contributed by atoms with Crippen LogP contribution in [0, 0.1) is 13.8 Å². The minimum Gasteiger partial charge on any atom is -0.149 e. The van der Waals surface area contributed by atoms with Crippen LogP contribution in [0.3, 0.4) is 0 Å². The first-order valence-corrected chi connectivity index (χ1v) is 13.0. The monoisotopic (exact) mass is 674 g/mol. The van der Waals surface area contributed by atoms with Crippen molar-refractivity contribution < 1.29 is 0 Å². The lowest BCUT2D eigenvalue weighted by Crippen LogP contribution is -1.82. The molecular formula is C26H18Br4N2. The molecule has 4 aromatic carbocycles. The maximum atomic E-state index is 4.46. The molecular weight excluding hydrogens is 660 g/mol. The Labute approximate surface area is 221 Å². The van der Waals surface area contributed by atoms with Crippen molar-refractivity contribution in [3.8, 4) is 22.3 Å². The zero-order chi connectivity index (χ0) is 22.8. The number of aryl methyl sites for hydroxylation is 2. The van der Waals surface area contributed by atoms with Crippen molar-refractivity contribution in [1.29, 1.82) is 0 Å². The van der Waals surface area contributed by atoms with Gasteiger partial charge in [-0.25, -0.2) is 0 Å². The van der Waals surface area contributed by atoms with E-state index in [0.717, 1.165) is 51.5 Å². The third-order valence-corrected chi connectivity index (χ3v) is 8.15. The van der Waals surface area contributed by atoms with Crippen LogP contribution in [0.15, 0.2) is 101 Å². The van der Waals surface area contributed by atoms with Gasteiger partial charge in [0.25, 0.3) is 0 Å². The molecule has 0 spiro atoms. The molecule has 0 aliphatic carbocycles. The normalized spacial score (nSPS) is 11.3. The summed E-state index contributed by atoms with van der Waals surface area (Å²) in [5, 5.41) is 8.93. The van der Waals surface area contributed by atoms with E-state index in [4.69, 9.17) is 0 Å². The van der Waals surface area contributed by atoms with Crippen LogP contribution in [0.25, 0.3) is 22.3 Å². The lowest BCUT2D eigenvalue weighted by Gasteiger charge is -2.07. The van der Waals surface area contributed by atoms with Crippen LogP contribution in [-0.2, 0) is 0 Å². The molecule has 0 heterocycles. The van der Waals surface area contributed by atoms with Crippen molar-refractivity contribution in [3.63, 3.8) is 0 Å². The van der Waals surface area contributed by atoms with Gasteiger partial charge in [-0.15, -0.1) is 10.2 Å². The number of rotatable bonds is 4. The first kappa shape index (κ1) is 23.6.